The molecule has 1 aliphatic rings. The average Bonchev–Trinajstić information content (AvgIpc) is 2.69. The van der Waals surface area contributed by atoms with E-state index < -0.39 is 35.9 Å². The molecule has 1 heterocycles. The second-order valence-corrected chi connectivity index (χ2v) is 6.40. The Balaban J connectivity index is 2.75. The molecular formula is C18H23F3N2O7. The summed E-state index contributed by atoms with van der Waals surface area (Å²) < 4.78 is 62.2. The van der Waals surface area contributed by atoms with Gasteiger partial charge in [0.25, 0.3) is 5.72 Å². The minimum absolute atomic E-state index is 0.00618. The molecule has 0 aromatic heterocycles. The van der Waals surface area contributed by atoms with Crippen LogP contribution in [-0.2, 0) is 9.53 Å². The van der Waals surface area contributed by atoms with Crippen LogP contribution in [0.5, 0.6) is 17.2 Å². The highest BCUT2D eigenvalue weighted by Crippen LogP contribution is 2.49. The van der Waals surface area contributed by atoms with Crippen molar-refractivity contribution in [3.63, 3.8) is 0 Å². The summed E-state index contributed by atoms with van der Waals surface area (Å²) in [6, 6.07) is -0.302. The maximum absolute atomic E-state index is 13.9. The van der Waals surface area contributed by atoms with Crippen LogP contribution in [0, 0.1) is 5.92 Å². The lowest BCUT2D eigenvalue weighted by molar-refractivity contribution is -0.328. The maximum atomic E-state index is 13.9. The molecule has 9 nitrogen and oxygen atoms in total. The summed E-state index contributed by atoms with van der Waals surface area (Å²) in [4.78, 5) is 24.9. The number of methoxy groups -OCH3 is 3. The van der Waals surface area contributed by atoms with Crippen LogP contribution in [-0.4, -0.2) is 68.9 Å². The number of nitrogens with one attached hydrogen (secondary N) is 1. The van der Waals surface area contributed by atoms with Gasteiger partial charge in [-0.15, -0.1) is 0 Å². The number of esters is 1. The van der Waals surface area contributed by atoms with Crippen LogP contribution < -0.4 is 19.5 Å². The Morgan fingerprint density at radius 2 is 1.73 bits per heavy atom. The molecule has 1 fully saturated rings. The molecule has 1 saturated heterocycles. The van der Waals surface area contributed by atoms with Crippen LogP contribution >= 0.6 is 0 Å². The van der Waals surface area contributed by atoms with Crippen LogP contribution in [0.25, 0.3) is 0 Å². The Bertz CT molecular complexity index is 792. The van der Waals surface area contributed by atoms with Gasteiger partial charge in [0.2, 0.25) is 5.75 Å². The number of aliphatic hydroxyl groups is 1. The van der Waals surface area contributed by atoms with Gasteiger partial charge in [0.1, 0.15) is 5.92 Å². The summed E-state index contributed by atoms with van der Waals surface area (Å²) in [7, 11) is 4.66. The van der Waals surface area contributed by atoms with Gasteiger partial charge < -0.3 is 29.4 Å². The van der Waals surface area contributed by atoms with Gasteiger partial charge in [-0.3, -0.25) is 9.69 Å². The van der Waals surface area contributed by atoms with Gasteiger partial charge >= 0.3 is 18.2 Å². The average molecular weight is 436 g/mol. The molecule has 3 atom stereocenters. The van der Waals surface area contributed by atoms with Gasteiger partial charge in [0.15, 0.2) is 11.5 Å². The Kier molecular flexibility index (Phi) is 6.60. The minimum Gasteiger partial charge on any atom is -0.493 e. The van der Waals surface area contributed by atoms with E-state index in [2.05, 4.69) is 5.32 Å². The first-order chi connectivity index (χ1) is 14.0. The predicted molar refractivity (Wildman–Crippen MR) is 96.3 cm³/mol. The van der Waals surface area contributed by atoms with Crippen LogP contribution in [0.15, 0.2) is 12.1 Å². The summed E-state index contributed by atoms with van der Waals surface area (Å²) in [6.07, 6.45) is -5.37. The van der Waals surface area contributed by atoms with E-state index in [4.69, 9.17) is 18.9 Å². The van der Waals surface area contributed by atoms with E-state index in [0.717, 1.165) is 7.05 Å². The van der Waals surface area contributed by atoms with Crippen molar-refractivity contribution in [2.24, 2.45) is 5.92 Å². The fourth-order valence-electron chi connectivity index (χ4n) is 3.36. The zero-order chi connectivity index (χ0) is 22.9. The smallest absolute Gasteiger partial charge is 0.437 e. The zero-order valence-corrected chi connectivity index (χ0v) is 17.0. The SMILES string of the molecule is CCOC(=O)[C@@H]1[C@H](c2cc(OC)c(OC)c(OC)c2)NC(=O)N(C)[C@]1(O)C(F)(F)F. The van der Waals surface area contributed by atoms with Crippen LogP contribution in [0.3, 0.4) is 0 Å². The van der Waals surface area contributed by atoms with Crippen molar-refractivity contribution in [3.8, 4) is 17.2 Å². The maximum Gasteiger partial charge on any atom is 0.437 e. The molecule has 2 N–H and O–H groups in total. The predicted octanol–water partition coefficient (Wildman–Crippen LogP) is 1.84. The van der Waals surface area contributed by atoms with Gasteiger partial charge in [-0.1, -0.05) is 0 Å². The first-order valence-electron chi connectivity index (χ1n) is 8.77. The van der Waals surface area contributed by atoms with Crippen LogP contribution in [0.2, 0.25) is 0 Å². The first kappa shape index (κ1) is 23.4. The van der Waals surface area contributed by atoms with Crippen molar-refractivity contribution in [3.05, 3.63) is 17.7 Å². The zero-order valence-electron chi connectivity index (χ0n) is 17.0. The van der Waals surface area contributed by atoms with Gasteiger partial charge in [-0.25, -0.2) is 4.79 Å². The number of carbonyl (C=O) groups excluding carboxylic acids is 2. The monoisotopic (exact) mass is 436 g/mol. The van der Waals surface area contributed by atoms with Gasteiger partial charge in [0, 0.05) is 7.05 Å². The van der Waals surface area contributed by atoms with E-state index >= 15 is 0 Å². The second kappa shape index (κ2) is 8.46. The molecule has 0 radical (unpaired) electrons. The van der Waals surface area contributed by atoms with E-state index in [0.29, 0.717) is 0 Å². The van der Waals surface area contributed by atoms with Gasteiger partial charge in [-0.05, 0) is 24.6 Å². The number of alkyl halides is 3. The standard InChI is InChI=1S/C18H23F3N2O7/c1-6-30-15(24)12-13(22-16(25)23(2)17(12,26)18(19,20)21)9-7-10(27-3)14(29-5)11(8-9)28-4/h7-8,12-13,26H,6H2,1-5H3,(H,22,25)/t12-,13-,17+/m0/s1. The molecule has 0 bridgehead atoms. The molecule has 1 aromatic carbocycles. The van der Waals surface area contributed by atoms with E-state index in [1.165, 1.54) is 40.4 Å². The Hall–Kier alpha value is -2.89. The number of hydrogen-bond donors (Lipinski definition) is 2. The Labute approximate surface area is 170 Å². The topological polar surface area (TPSA) is 107 Å². The third-order valence-electron chi connectivity index (χ3n) is 4.87. The minimum atomic E-state index is -5.37. The molecule has 1 aromatic rings. The number of benzene rings is 1. The molecule has 0 saturated carbocycles. The molecule has 168 valence electrons. The normalized spacial score (nSPS) is 24.2. The van der Waals surface area contributed by atoms with E-state index in [1.807, 2.05) is 0 Å². The van der Waals surface area contributed by atoms with E-state index in [-0.39, 0.29) is 34.3 Å². The number of nitrogens with zero attached hydrogens (tertiary/aromatic N) is 1. The van der Waals surface area contributed by atoms with E-state index in [1.54, 1.807) is 0 Å². The fourth-order valence-corrected chi connectivity index (χ4v) is 3.36. The molecule has 12 heteroatoms. The molecule has 2 amide bonds. The Morgan fingerprint density at radius 1 is 1.20 bits per heavy atom. The fraction of sp³-hybridized carbons (Fsp3) is 0.556. The second-order valence-electron chi connectivity index (χ2n) is 6.40. The third-order valence-corrected chi connectivity index (χ3v) is 4.87. The molecule has 0 unspecified atom stereocenters. The van der Waals surface area contributed by atoms with Gasteiger partial charge in [0.05, 0.1) is 34.0 Å². The Morgan fingerprint density at radius 3 is 2.13 bits per heavy atom. The van der Waals surface area contributed by atoms with Crippen LogP contribution in [0.4, 0.5) is 18.0 Å². The third kappa shape index (κ3) is 3.66. The molecule has 30 heavy (non-hydrogen) atoms. The summed E-state index contributed by atoms with van der Waals surface area (Å²) >= 11 is 0. The lowest BCUT2D eigenvalue weighted by atomic mass is 9.81. The highest BCUT2D eigenvalue weighted by atomic mass is 19.4. The lowest BCUT2D eigenvalue weighted by Crippen LogP contribution is -2.73. The number of halogens is 3. The van der Waals surface area contributed by atoms with Crippen LogP contribution in [0.1, 0.15) is 18.5 Å². The summed E-state index contributed by atoms with van der Waals surface area (Å²) in [5, 5.41) is 13.0. The molecule has 1 aliphatic heterocycles. The molecule has 2 rings (SSSR count). The molecule has 0 aliphatic carbocycles. The summed E-state index contributed by atoms with van der Waals surface area (Å²) in [6.45, 7) is 1.17. The number of hydrogen-bond acceptors (Lipinski definition) is 7. The van der Waals surface area contributed by atoms with E-state index in [9.17, 15) is 27.9 Å². The van der Waals surface area contributed by atoms with Crippen molar-refractivity contribution in [1.82, 2.24) is 10.2 Å². The van der Waals surface area contributed by atoms with Crippen molar-refractivity contribution in [2.75, 3.05) is 35.0 Å². The molecule has 0 spiro atoms. The summed E-state index contributed by atoms with van der Waals surface area (Å²) in [5.74, 6) is -3.27. The quantitative estimate of drug-likeness (QED) is 0.656. The highest BCUT2D eigenvalue weighted by Gasteiger charge is 2.69. The number of ether oxygens (including phenoxy) is 4. The number of urea groups is 1. The van der Waals surface area contributed by atoms with Crippen molar-refractivity contribution in [1.29, 1.82) is 0 Å². The lowest BCUT2D eigenvalue weighted by Gasteiger charge is -2.49. The number of amides is 2. The van der Waals surface area contributed by atoms with Crippen molar-refractivity contribution >= 4 is 12.0 Å². The van der Waals surface area contributed by atoms with Crippen molar-refractivity contribution < 1.29 is 46.8 Å². The highest BCUT2D eigenvalue weighted by molar-refractivity contribution is 5.83. The largest absolute Gasteiger partial charge is 0.493 e. The number of rotatable bonds is 6. The van der Waals surface area contributed by atoms with Gasteiger partial charge in [-0.2, -0.15) is 13.2 Å². The molecular weight excluding hydrogens is 413 g/mol. The van der Waals surface area contributed by atoms with Crippen molar-refractivity contribution in [2.45, 2.75) is 24.9 Å². The first-order valence-corrected chi connectivity index (χ1v) is 8.77. The summed E-state index contributed by atoms with van der Waals surface area (Å²) in [5.41, 5.74) is -3.82. The number of carbonyl (C=O) groups is 2.